The van der Waals surface area contributed by atoms with Crippen molar-refractivity contribution in [2.75, 3.05) is 19.0 Å². The highest BCUT2D eigenvalue weighted by atomic mass is 16.6. The van der Waals surface area contributed by atoms with Gasteiger partial charge in [-0.25, -0.2) is 9.59 Å². The van der Waals surface area contributed by atoms with E-state index in [1.54, 1.807) is 63.2 Å². The van der Waals surface area contributed by atoms with Crippen molar-refractivity contribution in [2.45, 2.75) is 59.2 Å². The van der Waals surface area contributed by atoms with E-state index in [0.29, 0.717) is 17.5 Å². The minimum atomic E-state index is -0.905. The maximum Gasteiger partial charge on any atom is 0.407 e. The Hall–Kier alpha value is -4.41. The van der Waals surface area contributed by atoms with Crippen LogP contribution in [0, 0.1) is 5.92 Å². The second-order valence-electron chi connectivity index (χ2n) is 10.5. The number of rotatable bonds is 11. The molecule has 2 aromatic carbocycles. The number of esters is 1. The van der Waals surface area contributed by atoms with E-state index in [0.717, 1.165) is 0 Å². The quantitative estimate of drug-likeness (QED) is 0.311. The molecule has 0 bridgehead atoms. The van der Waals surface area contributed by atoms with Gasteiger partial charge in [-0.05, 0) is 62.9 Å². The number of alkyl carbamates (subject to hydrolysis) is 1. The van der Waals surface area contributed by atoms with Gasteiger partial charge in [0.2, 0.25) is 11.8 Å². The molecule has 0 unspecified atom stereocenters. The summed E-state index contributed by atoms with van der Waals surface area (Å²) in [7, 11) is 1.24. The molecule has 0 saturated carbocycles. The SMILES string of the molecule is COC(=O)c1ccccc1NC(=O)[C@H](CC(C)C)NC(=O)CNC(=O)c1cccc(CNC(=O)OC(C)(C)C)c1. The standard InChI is InChI=1S/C29H38N4O7/c1-18(2)14-23(26(36)33-22-13-8-7-12-21(22)27(37)39-6)32-24(34)17-30-25(35)20-11-9-10-19(15-20)16-31-28(38)40-29(3,4)5/h7-13,15,18,23H,14,16-17H2,1-6H3,(H,30,35)(H,31,38)(H,32,34)(H,33,36)/t23-/m0/s1. The van der Waals surface area contributed by atoms with E-state index in [4.69, 9.17) is 9.47 Å². The van der Waals surface area contributed by atoms with Gasteiger partial charge in [0.25, 0.3) is 5.91 Å². The fourth-order valence-corrected chi connectivity index (χ4v) is 3.62. The van der Waals surface area contributed by atoms with Crippen molar-refractivity contribution in [1.82, 2.24) is 16.0 Å². The fraction of sp³-hybridized carbons (Fsp3) is 0.414. The number of methoxy groups -OCH3 is 1. The third-order valence-electron chi connectivity index (χ3n) is 5.38. The lowest BCUT2D eigenvalue weighted by Crippen LogP contribution is -2.48. The average Bonchev–Trinajstić information content (AvgIpc) is 2.89. The molecule has 216 valence electrons. The molecule has 0 spiro atoms. The molecule has 0 aromatic heterocycles. The molecule has 11 nitrogen and oxygen atoms in total. The van der Waals surface area contributed by atoms with Gasteiger partial charge < -0.3 is 30.7 Å². The smallest absolute Gasteiger partial charge is 0.407 e. The van der Waals surface area contributed by atoms with Crippen LogP contribution in [0.1, 0.15) is 67.3 Å². The summed E-state index contributed by atoms with van der Waals surface area (Å²) in [5, 5.41) is 10.5. The molecule has 4 N–H and O–H groups in total. The largest absolute Gasteiger partial charge is 0.465 e. The molecule has 0 aliphatic heterocycles. The summed E-state index contributed by atoms with van der Waals surface area (Å²) in [5.41, 5.74) is 0.783. The van der Waals surface area contributed by atoms with Crippen molar-refractivity contribution < 1.29 is 33.4 Å². The number of carbonyl (C=O) groups is 5. The lowest BCUT2D eigenvalue weighted by molar-refractivity contribution is -0.126. The first-order valence-corrected chi connectivity index (χ1v) is 12.9. The van der Waals surface area contributed by atoms with E-state index < -0.39 is 41.4 Å². The molecule has 40 heavy (non-hydrogen) atoms. The minimum Gasteiger partial charge on any atom is -0.465 e. The van der Waals surface area contributed by atoms with Gasteiger partial charge >= 0.3 is 12.1 Å². The molecule has 2 aromatic rings. The van der Waals surface area contributed by atoms with Crippen molar-refractivity contribution in [2.24, 2.45) is 5.92 Å². The van der Waals surface area contributed by atoms with Crippen LogP contribution in [-0.4, -0.2) is 55.1 Å². The minimum absolute atomic E-state index is 0.0681. The van der Waals surface area contributed by atoms with Crippen LogP contribution in [0.25, 0.3) is 0 Å². The third-order valence-corrected chi connectivity index (χ3v) is 5.38. The lowest BCUT2D eigenvalue weighted by Gasteiger charge is -2.21. The maximum absolute atomic E-state index is 13.0. The molecule has 0 fully saturated rings. The Balaban J connectivity index is 1.97. The van der Waals surface area contributed by atoms with Crippen LogP contribution in [0.5, 0.6) is 0 Å². The summed E-state index contributed by atoms with van der Waals surface area (Å²) >= 11 is 0. The van der Waals surface area contributed by atoms with E-state index >= 15 is 0 Å². The summed E-state index contributed by atoms with van der Waals surface area (Å²) in [4.78, 5) is 62.3. The van der Waals surface area contributed by atoms with E-state index in [9.17, 15) is 24.0 Å². The first-order valence-electron chi connectivity index (χ1n) is 12.9. The molecule has 0 radical (unpaired) electrons. The second-order valence-corrected chi connectivity index (χ2v) is 10.5. The van der Waals surface area contributed by atoms with Crippen LogP contribution in [-0.2, 0) is 25.6 Å². The normalized spacial score (nSPS) is 11.7. The van der Waals surface area contributed by atoms with Gasteiger partial charge in [0.05, 0.1) is 24.9 Å². The summed E-state index contributed by atoms with van der Waals surface area (Å²) in [6, 6.07) is 12.1. The number of benzene rings is 2. The molecular formula is C29H38N4O7. The zero-order chi connectivity index (χ0) is 29.9. The van der Waals surface area contributed by atoms with E-state index in [-0.39, 0.29) is 30.3 Å². The summed E-state index contributed by atoms with van der Waals surface area (Å²) in [6.45, 7) is 8.88. The number of carbonyl (C=O) groups excluding carboxylic acids is 5. The van der Waals surface area contributed by atoms with Crippen molar-refractivity contribution in [3.63, 3.8) is 0 Å². The molecule has 0 aliphatic rings. The van der Waals surface area contributed by atoms with Crippen LogP contribution in [0.3, 0.4) is 0 Å². The highest BCUT2D eigenvalue weighted by Crippen LogP contribution is 2.17. The zero-order valence-electron chi connectivity index (χ0n) is 23.8. The van der Waals surface area contributed by atoms with Gasteiger partial charge in [-0.1, -0.05) is 38.1 Å². The topological polar surface area (TPSA) is 152 Å². The van der Waals surface area contributed by atoms with Crippen LogP contribution in [0.2, 0.25) is 0 Å². The van der Waals surface area contributed by atoms with E-state index in [1.807, 2.05) is 13.8 Å². The average molecular weight is 555 g/mol. The first kappa shape index (κ1) is 31.8. The lowest BCUT2D eigenvalue weighted by atomic mass is 10.0. The molecule has 4 amide bonds. The monoisotopic (exact) mass is 554 g/mol. The Morgan fingerprint density at radius 3 is 2.27 bits per heavy atom. The van der Waals surface area contributed by atoms with Gasteiger partial charge in [-0.2, -0.15) is 0 Å². The maximum atomic E-state index is 13.0. The van der Waals surface area contributed by atoms with Crippen molar-refractivity contribution in [3.05, 3.63) is 65.2 Å². The Bertz CT molecular complexity index is 1220. The van der Waals surface area contributed by atoms with Gasteiger partial charge in [0.15, 0.2) is 0 Å². The van der Waals surface area contributed by atoms with Gasteiger partial charge in [0, 0.05) is 12.1 Å². The first-order chi connectivity index (χ1) is 18.8. The highest BCUT2D eigenvalue weighted by Gasteiger charge is 2.24. The second kappa shape index (κ2) is 14.7. The van der Waals surface area contributed by atoms with Crippen LogP contribution in [0.4, 0.5) is 10.5 Å². The van der Waals surface area contributed by atoms with Crippen LogP contribution in [0.15, 0.2) is 48.5 Å². The molecule has 2 rings (SSSR count). The molecule has 11 heteroatoms. The molecule has 1 atom stereocenters. The Labute approximate surface area is 234 Å². The predicted molar refractivity (Wildman–Crippen MR) is 150 cm³/mol. The third kappa shape index (κ3) is 10.8. The van der Waals surface area contributed by atoms with Crippen molar-refractivity contribution in [3.8, 4) is 0 Å². The molecule has 0 saturated heterocycles. The Kier molecular flexibility index (Phi) is 11.7. The number of hydrogen-bond acceptors (Lipinski definition) is 7. The number of nitrogens with one attached hydrogen (secondary N) is 4. The van der Waals surface area contributed by atoms with Gasteiger partial charge in [-0.3, -0.25) is 14.4 Å². The molecule has 0 heterocycles. The summed E-state index contributed by atoms with van der Waals surface area (Å²) in [6.07, 6.45) is -0.244. The van der Waals surface area contributed by atoms with Crippen LogP contribution < -0.4 is 21.3 Å². The summed E-state index contributed by atoms with van der Waals surface area (Å²) in [5.74, 6) is -2.09. The van der Waals surface area contributed by atoms with Crippen molar-refractivity contribution in [1.29, 1.82) is 0 Å². The van der Waals surface area contributed by atoms with Crippen LogP contribution >= 0.6 is 0 Å². The molecular weight excluding hydrogens is 516 g/mol. The van der Waals surface area contributed by atoms with Gasteiger partial charge in [0.1, 0.15) is 11.6 Å². The van der Waals surface area contributed by atoms with Gasteiger partial charge in [-0.15, -0.1) is 0 Å². The highest BCUT2D eigenvalue weighted by molar-refractivity contribution is 6.04. The number of ether oxygens (including phenoxy) is 2. The van der Waals surface area contributed by atoms with E-state index in [1.165, 1.54) is 13.2 Å². The van der Waals surface area contributed by atoms with Crippen molar-refractivity contribution >= 4 is 35.5 Å². The summed E-state index contributed by atoms with van der Waals surface area (Å²) < 4.78 is 9.97. The Morgan fingerprint density at radius 1 is 0.925 bits per heavy atom. The Morgan fingerprint density at radius 2 is 1.62 bits per heavy atom. The fourth-order valence-electron chi connectivity index (χ4n) is 3.62. The number of para-hydroxylation sites is 1. The number of amides is 4. The number of hydrogen-bond donors (Lipinski definition) is 4. The molecule has 0 aliphatic carbocycles. The predicted octanol–water partition coefficient (Wildman–Crippen LogP) is 3.40. The number of anilines is 1. The van der Waals surface area contributed by atoms with E-state index in [2.05, 4.69) is 21.3 Å². The zero-order valence-corrected chi connectivity index (χ0v) is 23.8.